The quantitative estimate of drug-likeness (QED) is 0.342. The van der Waals surface area contributed by atoms with E-state index in [0.717, 1.165) is 25.7 Å². The molecule has 236 valence electrons. The number of nitrogens with one attached hydrogen (secondary N) is 1. The van der Waals surface area contributed by atoms with E-state index in [4.69, 9.17) is 18.8 Å². The number of aliphatic hydroxyl groups is 1. The van der Waals surface area contributed by atoms with Gasteiger partial charge in [-0.3, -0.25) is 4.18 Å². The van der Waals surface area contributed by atoms with Crippen LogP contribution in [-0.2, 0) is 29.4 Å². The van der Waals surface area contributed by atoms with Gasteiger partial charge >= 0.3 is 16.4 Å². The van der Waals surface area contributed by atoms with Crippen molar-refractivity contribution in [2.45, 2.75) is 68.2 Å². The molecule has 15 nitrogen and oxygen atoms in total. The number of ether oxygens (including phenoxy) is 2. The van der Waals surface area contributed by atoms with Gasteiger partial charge in [-0.1, -0.05) is 29.5 Å². The van der Waals surface area contributed by atoms with Crippen LogP contribution in [0.5, 0.6) is 0 Å². The highest BCUT2D eigenvalue weighted by Crippen LogP contribution is 2.52. The topological polar surface area (TPSA) is 197 Å². The number of nitrogens with two attached hydrogens (primary N) is 1. The number of anilines is 1. The van der Waals surface area contributed by atoms with Gasteiger partial charge < -0.3 is 24.8 Å². The molecule has 3 fully saturated rings. The molecule has 2 saturated heterocycles. The zero-order valence-electron chi connectivity index (χ0n) is 24.1. The number of rotatable bonds is 7. The lowest BCUT2D eigenvalue weighted by Crippen LogP contribution is -2.45. The van der Waals surface area contributed by atoms with Crippen LogP contribution in [0.3, 0.4) is 0 Å². The lowest BCUT2D eigenvalue weighted by Gasteiger charge is -2.40. The van der Waals surface area contributed by atoms with Gasteiger partial charge in [-0.05, 0) is 43.2 Å². The van der Waals surface area contributed by atoms with Crippen molar-refractivity contribution < 1.29 is 32.0 Å². The molecule has 1 amide bonds. The molecule has 0 bridgehead atoms. The van der Waals surface area contributed by atoms with Crippen molar-refractivity contribution in [3.63, 3.8) is 0 Å². The van der Waals surface area contributed by atoms with E-state index in [1.807, 2.05) is 11.0 Å². The predicted octanol–water partition coefficient (Wildman–Crippen LogP) is 1.57. The van der Waals surface area contributed by atoms with Crippen molar-refractivity contribution in [1.29, 1.82) is 0 Å². The molecule has 2 aliphatic carbocycles. The average Bonchev–Trinajstić information content (AvgIpc) is 3.80. The van der Waals surface area contributed by atoms with Gasteiger partial charge in [-0.15, -0.1) is 5.10 Å². The Morgan fingerprint density at radius 3 is 2.80 bits per heavy atom. The van der Waals surface area contributed by atoms with Crippen molar-refractivity contribution in [2.75, 3.05) is 38.2 Å². The van der Waals surface area contributed by atoms with E-state index in [1.54, 1.807) is 4.68 Å². The number of carbonyl (C=O) groups excluding carboxylic acids is 1. The number of aliphatic hydroxyl groups excluding tert-OH is 1. The fourth-order valence-corrected chi connectivity index (χ4v) is 7.72. The number of benzene rings is 1. The second-order valence-corrected chi connectivity index (χ2v) is 13.5. The number of fused-ring (bicyclic) bond motifs is 3. The van der Waals surface area contributed by atoms with E-state index in [1.165, 1.54) is 17.5 Å². The van der Waals surface area contributed by atoms with Crippen molar-refractivity contribution in [3.05, 3.63) is 41.7 Å². The molecule has 5 atom stereocenters. The summed E-state index contributed by atoms with van der Waals surface area (Å²) in [6.45, 7) is 2.13. The number of aromatic nitrogens is 5. The Morgan fingerprint density at radius 2 is 2.02 bits per heavy atom. The molecular formula is C28H36N8O7S. The number of hydrogen-bond acceptors (Lipinski definition) is 12. The van der Waals surface area contributed by atoms with Crippen molar-refractivity contribution in [1.82, 2.24) is 29.9 Å². The molecule has 3 aromatic rings. The van der Waals surface area contributed by atoms with Crippen LogP contribution in [0.2, 0.25) is 0 Å². The van der Waals surface area contributed by atoms with Crippen LogP contribution in [0, 0.1) is 5.92 Å². The molecule has 4 aliphatic rings. The summed E-state index contributed by atoms with van der Waals surface area (Å²) in [5.74, 6) is 0.138. The third kappa shape index (κ3) is 5.60. The molecular weight excluding hydrogens is 592 g/mol. The highest BCUT2D eigenvalue weighted by Gasteiger charge is 2.46. The molecule has 44 heavy (non-hydrogen) atoms. The van der Waals surface area contributed by atoms with Gasteiger partial charge in [0.1, 0.15) is 12.4 Å². The Bertz CT molecular complexity index is 1640. The third-order valence-corrected chi connectivity index (χ3v) is 10.1. The Balaban J connectivity index is 1.06. The Kier molecular flexibility index (Phi) is 7.64. The van der Waals surface area contributed by atoms with Crippen molar-refractivity contribution >= 4 is 33.4 Å². The number of likely N-dealkylation sites (tertiary alicyclic amines) is 1. The number of amides is 1. The van der Waals surface area contributed by atoms with Crippen LogP contribution >= 0.6 is 0 Å². The lowest BCUT2D eigenvalue weighted by molar-refractivity contribution is 0.0433. The predicted molar refractivity (Wildman–Crippen MR) is 156 cm³/mol. The zero-order chi connectivity index (χ0) is 30.5. The summed E-state index contributed by atoms with van der Waals surface area (Å²) in [6.07, 6.45) is 4.28. The van der Waals surface area contributed by atoms with Gasteiger partial charge in [0.2, 0.25) is 0 Å². The molecule has 1 saturated carbocycles. The maximum atomic E-state index is 12.8. The summed E-state index contributed by atoms with van der Waals surface area (Å²) in [6, 6.07) is 8.15. The van der Waals surface area contributed by atoms with E-state index in [-0.39, 0.29) is 36.3 Å². The first-order chi connectivity index (χ1) is 21.2. The molecule has 7 rings (SSSR count). The molecule has 4 heterocycles. The van der Waals surface area contributed by atoms with Crippen LogP contribution in [0.1, 0.15) is 61.7 Å². The van der Waals surface area contributed by atoms with E-state index < -0.39 is 22.3 Å². The van der Waals surface area contributed by atoms with Gasteiger partial charge in [-0.25, -0.2) is 24.6 Å². The third-order valence-electron chi connectivity index (χ3n) is 9.63. The summed E-state index contributed by atoms with van der Waals surface area (Å²) in [5, 5.41) is 27.9. The minimum absolute atomic E-state index is 0.0309. The first kappa shape index (κ1) is 29.3. The van der Waals surface area contributed by atoms with Crippen LogP contribution in [0.25, 0.3) is 11.2 Å². The number of hydrogen-bond donors (Lipinski definition) is 3. The summed E-state index contributed by atoms with van der Waals surface area (Å²) in [5.41, 5.74) is 3.43. The standard InChI is InChI=1S/C28H36N8O7S/c29-44(39,40)42-14-17-11-18(12-23(17)37)36-26-24(33-34-36)25(30-16-31-26)32-22-13-28(21-4-2-1-3-20(21)22)6-8-35(9-7-28)27(38)43-19-5-10-41-15-19/h1-4,16-19,22-23,37H,5-15H2,(H2,29,39,40)(H,30,31,32)/t17-,18+,19+,22-,23-/m0/s1. The zero-order valence-corrected chi connectivity index (χ0v) is 24.9. The normalized spacial score (nSPS) is 28.0. The number of carbonyl (C=O) groups is 1. The summed E-state index contributed by atoms with van der Waals surface area (Å²) in [4.78, 5) is 23.6. The fourth-order valence-electron chi connectivity index (χ4n) is 7.35. The molecule has 16 heteroatoms. The lowest BCUT2D eigenvalue weighted by atomic mass is 9.73. The smallest absolute Gasteiger partial charge is 0.410 e. The molecule has 4 N–H and O–H groups in total. The summed E-state index contributed by atoms with van der Waals surface area (Å²) in [7, 11) is -4.10. The Hall–Kier alpha value is -3.44. The van der Waals surface area contributed by atoms with Crippen molar-refractivity contribution in [2.24, 2.45) is 11.1 Å². The van der Waals surface area contributed by atoms with Gasteiger partial charge in [0.05, 0.1) is 38.0 Å². The monoisotopic (exact) mass is 628 g/mol. The van der Waals surface area contributed by atoms with Crippen molar-refractivity contribution in [3.8, 4) is 0 Å². The minimum Gasteiger partial charge on any atom is -0.444 e. The Morgan fingerprint density at radius 1 is 1.20 bits per heavy atom. The van der Waals surface area contributed by atoms with Crippen LogP contribution in [-0.4, -0.2) is 94.6 Å². The molecule has 1 spiro atoms. The molecule has 1 aromatic carbocycles. The first-order valence-corrected chi connectivity index (χ1v) is 16.5. The fraction of sp³-hybridized carbons (Fsp3) is 0.607. The van der Waals surface area contributed by atoms with Crippen LogP contribution in [0.4, 0.5) is 10.6 Å². The Labute approximate surface area is 254 Å². The largest absolute Gasteiger partial charge is 0.444 e. The number of piperidine rings is 1. The van der Waals surface area contributed by atoms with Crippen LogP contribution < -0.4 is 10.5 Å². The minimum atomic E-state index is -4.10. The van der Waals surface area contributed by atoms with Gasteiger partial charge in [0.25, 0.3) is 0 Å². The van der Waals surface area contributed by atoms with E-state index >= 15 is 0 Å². The summed E-state index contributed by atoms with van der Waals surface area (Å²) >= 11 is 0. The van der Waals surface area contributed by atoms with E-state index in [9.17, 15) is 18.3 Å². The van der Waals surface area contributed by atoms with Gasteiger partial charge in [-0.2, -0.15) is 8.42 Å². The second-order valence-electron chi connectivity index (χ2n) is 12.3. The molecule has 2 aromatic heterocycles. The highest BCUT2D eigenvalue weighted by molar-refractivity contribution is 7.84. The maximum Gasteiger partial charge on any atom is 0.410 e. The second kappa shape index (κ2) is 11.5. The SMILES string of the molecule is NS(=O)(=O)OC[C@@H]1C[C@@H](n2nnc3c(N[C@H]4CC5(CCN(C(=O)O[C@@H]6CCOC6)CC5)c5ccccc54)ncnc32)C[C@@H]1O. The molecule has 2 aliphatic heterocycles. The summed E-state index contributed by atoms with van der Waals surface area (Å²) < 4.78 is 39.9. The molecule has 0 unspecified atom stereocenters. The van der Waals surface area contributed by atoms with E-state index in [0.29, 0.717) is 56.1 Å². The van der Waals surface area contributed by atoms with Gasteiger partial charge in [0.15, 0.2) is 17.0 Å². The average molecular weight is 629 g/mol. The maximum absolute atomic E-state index is 12.8. The van der Waals surface area contributed by atoms with E-state index in [2.05, 4.69) is 43.8 Å². The first-order valence-electron chi connectivity index (χ1n) is 15.0. The highest BCUT2D eigenvalue weighted by atomic mass is 32.2. The van der Waals surface area contributed by atoms with Gasteiger partial charge in [0, 0.05) is 30.8 Å². The number of nitrogens with zero attached hydrogens (tertiary/aromatic N) is 6. The van der Waals surface area contributed by atoms with Crippen LogP contribution in [0.15, 0.2) is 30.6 Å². The molecule has 0 radical (unpaired) electrons.